The number of esters is 1. The third-order valence-corrected chi connectivity index (χ3v) is 6.70. The molecule has 0 bridgehead atoms. The highest BCUT2D eigenvalue weighted by Crippen LogP contribution is 2.41. The van der Waals surface area contributed by atoms with Crippen LogP contribution in [0, 0.1) is 11.6 Å². The topological polar surface area (TPSA) is 160 Å². The van der Waals surface area contributed by atoms with E-state index in [0.717, 1.165) is 42.7 Å². The summed E-state index contributed by atoms with van der Waals surface area (Å²) in [5, 5.41) is 21.3. The van der Waals surface area contributed by atoms with Gasteiger partial charge in [-0.2, -0.15) is 0 Å². The van der Waals surface area contributed by atoms with E-state index in [1.165, 1.54) is 24.3 Å². The molecule has 13 heteroatoms. The minimum atomic E-state index is -4.11. The first-order valence-electron chi connectivity index (χ1n) is 10.8. The molecule has 1 heterocycles. The van der Waals surface area contributed by atoms with Gasteiger partial charge in [-0.25, -0.2) is 26.8 Å². The smallest absolute Gasteiger partial charge is 0.412 e. The van der Waals surface area contributed by atoms with Gasteiger partial charge in [0.2, 0.25) is 10.0 Å². The van der Waals surface area contributed by atoms with Gasteiger partial charge in [0.25, 0.3) is 0 Å². The van der Waals surface area contributed by atoms with Gasteiger partial charge in [-0.1, -0.05) is 12.1 Å². The summed E-state index contributed by atoms with van der Waals surface area (Å²) < 4.78 is 63.0. The molecule has 0 saturated carbocycles. The third kappa shape index (κ3) is 5.43. The lowest BCUT2D eigenvalue weighted by atomic mass is 10.0. The number of hydrogen-bond acceptors (Lipinski definition) is 8. The highest BCUT2D eigenvalue weighted by molar-refractivity contribution is 7.92. The van der Waals surface area contributed by atoms with Crippen molar-refractivity contribution in [2.45, 2.75) is 6.10 Å². The molecule has 3 aromatic carbocycles. The Bertz CT molecular complexity index is 1630. The van der Waals surface area contributed by atoms with Gasteiger partial charge < -0.3 is 25.1 Å². The number of ether oxygens (including phenoxy) is 1. The van der Waals surface area contributed by atoms with Gasteiger partial charge in [0.05, 0.1) is 24.6 Å². The number of hydrogen-bond donors (Lipinski definition) is 3. The average molecular weight is 547 g/mol. The molecule has 0 aliphatic rings. The zero-order chi connectivity index (χ0) is 27.8. The van der Waals surface area contributed by atoms with Crippen LogP contribution in [0.3, 0.4) is 0 Å². The maximum Gasteiger partial charge on any atom is 0.412 e. The Kier molecular flexibility index (Phi) is 7.07. The van der Waals surface area contributed by atoms with Gasteiger partial charge in [0, 0.05) is 17.0 Å². The minimum Gasteiger partial charge on any atom is -0.506 e. The summed E-state index contributed by atoms with van der Waals surface area (Å²) in [6.07, 6.45) is -1.98. The van der Waals surface area contributed by atoms with Crippen molar-refractivity contribution >= 4 is 38.7 Å². The van der Waals surface area contributed by atoms with Crippen molar-refractivity contribution in [3.05, 3.63) is 83.4 Å². The van der Waals surface area contributed by atoms with E-state index in [4.69, 9.17) is 10.2 Å². The van der Waals surface area contributed by atoms with Crippen molar-refractivity contribution in [2.75, 3.05) is 17.1 Å². The molecule has 1 unspecified atom stereocenters. The molecule has 1 atom stereocenters. The van der Waals surface area contributed by atoms with Crippen molar-refractivity contribution < 1.29 is 46.2 Å². The van der Waals surface area contributed by atoms with E-state index in [1.807, 2.05) is 0 Å². The van der Waals surface area contributed by atoms with Crippen molar-refractivity contribution in [3.63, 3.8) is 0 Å². The third-order valence-electron chi connectivity index (χ3n) is 5.55. The van der Waals surface area contributed by atoms with Gasteiger partial charge in [0.1, 0.15) is 34.3 Å². The number of sulfonamides is 1. The summed E-state index contributed by atoms with van der Waals surface area (Å²) in [7, 11) is -4.11. The van der Waals surface area contributed by atoms with Crippen LogP contribution < -0.4 is 10.0 Å². The maximum absolute atomic E-state index is 13.5. The number of primary amides is 1. The summed E-state index contributed by atoms with van der Waals surface area (Å²) in [6, 6.07) is 11.6. The number of aromatic hydroxyl groups is 1. The molecule has 0 aliphatic heterocycles. The lowest BCUT2D eigenvalue weighted by Gasteiger charge is -2.26. The van der Waals surface area contributed by atoms with Crippen molar-refractivity contribution in [2.24, 2.45) is 5.73 Å². The Morgan fingerprint density at radius 2 is 1.63 bits per heavy atom. The second-order valence-electron chi connectivity index (χ2n) is 8.22. The van der Waals surface area contributed by atoms with E-state index in [0.29, 0.717) is 4.31 Å². The van der Waals surface area contributed by atoms with Crippen molar-refractivity contribution in [1.29, 1.82) is 0 Å². The predicted octanol–water partition coefficient (Wildman–Crippen LogP) is 3.82. The van der Waals surface area contributed by atoms with Gasteiger partial charge in [-0.15, -0.1) is 0 Å². The first-order chi connectivity index (χ1) is 17.8. The van der Waals surface area contributed by atoms with Crippen LogP contribution in [0.4, 0.5) is 19.3 Å². The second-order valence-corrected chi connectivity index (χ2v) is 10.1. The van der Waals surface area contributed by atoms with Crippen LogP contribution in [0.1, 0.15) is 22.0 Å². The number of amides is 1. The summed E-state index contributed by atoms with van der Waals surface area (Å²) in [6.45, 7) is -0.564. The number of nitrogens with two attached hydrogens (primary N) is 1. The van der Waals surface area contributed by atoms with E-state index in [2.05, 4.69) is 4.74 Å². The number of nitrogens with zero attached hydrogens (tertiary/aromatic N) is 1. The van der Waals surface area contributed by atoms with Gasteiger partial charge in [-0.3, -0.25) is 4.31 Å². The second kappa shape index (κ2) is 10.1. The number of phenolic OH excluding ortho intramolecular Hbond substituents is 1. The molecule has 0 aliphatic carbocycles. The molecular formula is C25H20F2N2O8S. The zero-order valence-electron chi connectivity index (χ0n) is 19.6. The lowest BCUT2D eigenvalue weighted by Crippen LogP contribution is -2.34. The highest BCUT2D eigenvalue weighted by atomic mass is 32.2. The Balaban J connectivity index is 1.86. The summed E-state index contributed by atoms with van der Waals surface area (Å²) in [5.74, 6) is -3.15. The Labute approximate surface area is 214 Å². The minimum absolute atomic E-state index is 0.0654. The number of phenols is 1. The number of aliphatic hydroxyl groups is 1. The number of carbonyl (C=O) groups excluding carboxylic acids is 2. The van der Waals surface area contributed by atoms with Crippen molar-refractivity contribution in [3.8, 4) is 17.1 Å². The number of aliphatic hydroxyl groups excluding tert-OH is 1. The molecule has 0 saturated heterocycles. The quantitative estimate of drug-likeness (QED) is 0.233. The molecule has 38 heavy (non-hydrogen) atoms. The molecule has 1 amide bonds. The molecule has 1 aromatic heterocycles. The largest absolute Gasteiger partial charge is 0.506 e. The van der Waals surface area contributed by atoms with Gasteiger partial charge >= 0.3 is 12.1 Å². The van der Waals surface area contributed by atoms with Crippen molar-refractivity contribution in [1.82, 2.24) is 0 Å². The number of carbonyl (C=O) groups is 2. The lowest BCUT2D eigenvalue weighted by molar-refractivity contribution is 0.0640. The summed E-state index contributed by atoms with van der Waals surface area (Å²) >= 11 is 0. The summed E-state index contributed by atoms with van der Waals surface area (Å²) in [4.78, 5) is 23.9. The molecule has 0 spiro atoms. The number of fused-ring (bicyclic) bond motifs is 1. The van der Waals surface area contributed by atoms with E-state index in [-0.39, 0.29) is 39.1 Å². The van der Waals surface area contributed by atoms with Gasteiger partial charge in [-0.05, 0) is 48.0 Å². The zero-order valence-corrected chi connectivity index (χ0v) is 20.4. The Morgan fingerprint density at radius 1 is 1.05 bits per heavy atom. The van der Waals surface area contributed by atoms with E-state index in [1.54, 1.807) is 0 Å². The van der Waals surface area contributed by atoms with Crippen LogP contribution >= 0.6 is 0 Å². The molecule has 4 aromatic rings. The monoisotopic (exact) mass is 546 g/mol. The van der Waals surface area contributed by atoms with Crippen LogP contribution in [0.15, 0.2) is 65.1 Å². The van der Waals surface area contributed by atoms with E-state index in [9.17, 15) is 37.0 Å². The fourth-order valence-electron chi connectivity index (χ4n) is 3.83. The SMILES string of the molecule is CS(=O)(=O)N(CC(O)c1ccc(F)cc1)c1cc2oc(-c3ccc(F)cc3)c(C(=O)OC(N)=O)c2cc1O. The molecule has 198 valence electrons. The first kappa shape index (κ1) is 26.6. The van der Waals surface area contributed by atoms with E-state index >= 15 is 0 Å². The number of furan rings is 1. The number of halogens is 2. The normalized spacial score (nSPS) is 12.3. The highest BCUT2D eigenvalue weighted by Gasteiger charge is 2.30. The molecule has 0 fully saturated rings. The fraction of sp³-hybridized carbons (Fsp3) is 0.120. The summed E-state index contributed by atoms with van der Waals surface area (Å²) in [5.41, 5.74) is 4.63. The fourth-order valence-corrected chi connectivity index (χ4v) is 4.75. The van der Waals surface area contributed by atoms with Crippen LogP contribution in [0.2, 0.25) is 0 Å². The van der Waals surface area contributed by atoms with Crippen LogP contribution in [-0.2, 0) is 14.8 Å². The maximum atomic E-state index is 13.5. The molecule has 4 rings (SSSR count). The molecular weight excluding hydrogens is 526 g/mol. The Morgan fingerprint density at radius 3 is 2.18 bits per heavy atom. The molecule has 0 radical (unpaired) electrons. The Hall–Kier alpha value is -4.49. The van der Waals surface area contributed by atoms with Crippen LogP contribution in [0.5, 0.6) is 5.75 Å². The number of rotatable bonds is 7. The molecule has 4 N–H and O–H groups in total. The first-order valence-corrected chi connectivity index (χ1v) is 12.7. The average Bonchev–Trinajstić information content (AvgIpc) is 3.20. The number of benzene rings is 3. The van der Waals surface area contributed by atoms with Crippen LogP contribution in [-0.4, -0.2) is 43.5 Å². The van der Waals surface area contributed by atoms with Crippen LogP contribution in [0.25, 0.3) is 22.3 Å². The molecule has 10 nitrogen and oxygen atoms in total. The standard InChI is InChI=1S/C25H20F2N2O8S/c1-38(34,35)29(12-20(31)13-2-6-15(26)7-3-13)18-11-21-17(10-19(18)30)22(24(32)37-25(28)33)23(36-21)14-4-8-16(27)9-5-14/h2-11,20,30-31H,12H2,1H3,(H2,28,33). The van der Waals surface area contributed by atoms with Gasteiger partial charge in [0.15, 0.2) is 0 Å². The predicted molar refractivity (Wildman–Crippen MR) is 132 cm³/mol. The van der Waals surface area contributed by atoms with E-state index < -0.39 is 52.1 Å². The number of anilines is 1.